The Morgan fingerprint density at radius 1 is 1.50 bits per heavy atom. The average Bonchev–Trinajstić information content (AvgIpc) is 1.88. The zero-order valence-corrected chi connectivity index (χ0v) is 8.09. The van der Waals surface area contributed by atoms with Gasteiger partial charge in [0.25, 0.3) is 0 Å². The Hall–Kier alpha value is -0.170. The molecule has 0 aromatic carbocycles. The second-order valence-electron chi connectivity index (χ2n) is 2.61. The van der Waals surface area contributed by atoms with Crippen molar-refractivity contribution in [3.63, 3.8) is 0 Å². The van der Waals surface area contributed by atoms with Gasteiger partial charge < -0.3 is 0 Å². The third-order valence-electron chi connectivity index (χ3n) is 1.44. The lowest BCUT2D eigenvalue weighted by Crippen LogP contribution is -1.91. The highest BCUT2D eigenvalue weighted by Crippen LogP contribution is 2.25. The van der Waals surface area contributed by atoms with Crippen LogP contribution in [0.25, 0.3) is 0 Å². The minimum Gasteiger partial charge on any atom is -0.133 e. The molecule has 58 valence electrons. The topological polar surface area (TPSA) is 0 Å². The second-order valence-corrected chi connectivity index (χ2v) is 3.46. The summed E-state index contributed by atoms with van der Waals surface area (Å²) < 4.78 is 0. The van der Waals surface area contributed by atoms with Crippen molar-refractivity contribution in [2.75, 3.05) is 6.26 Å². The van der Waals surface area contributed by atoms with Crippen LogP contribution in [0.4, 0.5) is 0 Å². The number of allylic oxidation sites excluding steroid dienone is 3. The predicted molar refractivity (Wildman–Crippen MR) is 51.3 cm³/mol. The Bertz CT molecular complexity index is 143. The summed E-state index contributed by atoms with van der Waals surface area (Å²) >= 11 is 1.82. The zero-order chi connectivity index (χ0) is 8.15. The fourth-order valence-electron chi connectivity index (χ4n) is 0.953. The highest BCUT2D eigenvalue weighted by Gasteiger charge is 2.02. The van der Waals surface area contributed by atoms with Gasteiger partial charge in [0.2, 0.25) is 0 Å². The molecule has 0 bridgehead atoms. The highest BCUT2D eigenvalue weighted by atomic mass is 32.2. The fourth-order valence-corrected chi connectivity index (χ4v) is 1.83. The van der Waals surface area contributed by atoms with Gasteiger partial charge in [0.15, 0.2) is 0 Å². The van der Waals surface area contributed by atoms with E-state index in [9.17, 15) is 0 Å². The Morgan fingerprint density at radius 3 is 2.10 bits per heavy atom. The van der Waals surface area contributed by atoms with Crippen LogP contribution in [0.1, 0.15) is 20.8 Å². The first-order valence-corrected chi connectivity index (χ1v) is 4.73. The maximum Gasteiger partial charge on any atom is -0.0101 e. The lowest BCUT2D eigenvalue weighted by molar-refractivity contribution is 0.810. The number of thioether (sulfide) groups is 1. The van der Waals surface area contributed by atoms with Crippen LogP contribution >= 0.6 is 11.8 Å². The molecule has 0 nitrogen and oxygen atoms in total. The summed E-state index contributed by atoms with van der Waals surface area (Å²) in [6, 6.07) is 0. The molecule has 0 saturated heterocycles. The van der Waals surface area contributed by atoms with Gasteiger partial charge in [-0.15, -0.1) is 11.8 Å². The molecule has 0 fully saturated rings. The first kappa shape index (κ1) is 9.83. The van der Waals surface area contributed by atoms with Gasteiger partial charge in [-0.25, -0.2) is 0 Å². The van der Waals surface area contributed by atoms with Gasteiger partial charge in [-0.2, -0.15) is 0 Å². The molecule has 0 aliphatic rings. The van der Waals surface area contributed by atoms with Crippen molar-refractivity contribution in [3.8, 4) is 0 Å². The quantitative estimate of drug-likeness (QED) is 0.564. The Kier molecular flexibility index (Phi) is 4.54. The van der Waals surface area contributed by atoms with Crippen molar-refractivity contribution >= 4 is 11.8 Å². The van der Waals surface area contributed by atoms with E-state index in [4.69, 9.17) is 0 Å². The van der Waals surface area contributed by atoms with Crippen LogP contribution in [0.15, 0.2) is 23.1 Å². The number of hydrogen-bond acceptors (Lipinski definition) is 1. The summed E-state index contributed by atoms with van der Waals surface area (Å²) in [4.78, 5) is 1.44. The highest BCUT2D eigenvalue weighted by molar-refractivity contribution is 8.02. The summed E-state index contributed by atoms with van der Waals surface area (Å²) in [5, 5.41) is 0. The molecular weight excluding hydrogens is 140 g/mol. The third kappa shape index (κ3) is 2.61. The molecular formula is C9H16S. The van der Waals surface area contributed by atoms with E-state index in [1.54, 1.807) is 0 Å². The molecule has 0 aliphatic carbocycles. The van der Waals surface area contributed by atoms with Gasteiger partial charge in [-0.1, -0.05) is 26.5 Å². The third-order valence-corrected chi connectivity index (χ3v) is 2.67. The maximum absolute atomic E-state index is 3.74. The van der Waals surface area contributed by atoms with E-state index in [2.05, 4.69) is 33.6 Å². The Morgan fingerprint density at radius 2 is 2.00 bits per heavy atom. The summed E-state index contributed by atoms with van der Waals surface area (Å²) in [6.45, 7) is 10.3. The van der Waals surface area contributed by atoms with Crippen LogP contribution in [-0.2, 0) is 0 Å². The molecule has 0 N–H and O–H groups in total. The van der Waals surface area contributed by atoms with E-state index in [1.807, 2.05) is 17.8 Å². The Balaban J connectivity index is 4.45. The zero-order valence-electron chi connectivity index (χ0n) is 7.27. The molecule has 10 heavy (non-hydrogen) atoms. The molecule has 0 aromatic rings. The monoisotopic (exact) mass is 156 g/mol. The van der Waals surface area contributed by atoms with Crippen LogP contribution < -0.4 is 0 Å². The van der Waals surface area contributed by atoms with Crippen LogP contribution in [0.3, 0.4) is 0 Å². The Labute approximate surface area is 68.4 Å². The first-order valence-electron chi connectivity index (χ1n) is 3.50. The summed E-state index contributed by atoms with van der Waals surface area (Å²) in [5.74, 6) is 0.632. The van der Waals surface area contributed by atoms with E-state index < -0.39 is 0 Å². The molecule has 0 aromatic heterocycles. The van der Waals surface area contributed by atoms with Crippen LogP contribution in [0, 0.1) is 5.92 Å². The van der Waals surface area contributed by atoms with Crippen molar-refractivity contribution in [2.45, 2.75) is 20.8 Å². The van der Waals surface area contributed by atoms with E-state index in [-0.39, 0.29) is 0 Å². The standard InChI is InChI=1S/C9H16S/c1-6-8(4)9(10-5)7(2)3/h6-7H,1H2,2-5H3/b9-8-. The van der Waals surface area contributed by atoms with Gasteiger partial charge >= 0.3 is 0 Å². The lowest BCUT2D eigenvalue weighted by atomic mass is 10.1. The molecule has 0 aliphatic heterocycles. The van der Waals surface area contributed by atoms with Gasteiger partial charge in [0.1, 0.15) is 0 Å². The summed E-state index contributed by atoms with van der Waals surface area (Å²) in [5.41, 5.74) is 1.31. The molecule has 0 spiro atoms. The minimum atomic E-state index is 0.632. The van der Waals surface area contributed by atoms with E-state index >= 15 is 0 Å². The minimum absolute atomic E-state index is 0.632. The normalized spacial score (nSPS) is 13.3. The van der Waals surface area contributed by atoms with Crippen molar-refractivity contribution in [2.24, 2.45) is 5.92 Å². The molecule has 1 heteroatoms. The van der Waals surface area contributed by atoms with E-state index in [0.717, 1.165) is 0 Å². The molecule has 0 heterocycles. The van der Waals surface area contributed by atoms with Crippen molar-refractivity contribution in [1.82, 2.24) is 0 Å². The summed E-state index contributed by atoms with van der Waals surface area (Å²) in [7, 11) is 0. The van der Waals surface area contributed by atoms with Crippen LogP contribution in [0.5, 0.6) is 0 Å². The van der Waals surface area contributed by atoms with Crippen LogP contribution in [-0.4, -0.2) is 6.26 Å². The molecule has 0 unspecified atom stereocenters. The van der Waals surface area contributed by atoms with E-state index in [1.165, 1.54) is 10.5 Å². The first-order chi connectivity index (χ1) is 4.63. The largest absolute Gasteiger partial charge is 0.133 e. The van der Waals surface area contributed by atoms with E-state index in [0.29, 0.717) is 5.92 Å². The average molecular weight is 156 g/mol. The SMILES string of the molecule is C=C/C(C)=C(\SC)C(C)C. The van der Waals surface area contributed by atoms with Crippen molar-refractivity contribution in [1.29, 1.82) is 0 Å². The van der Waals surface area contributed by atoms with Crippen LogP contribution in [0.2, 0.25) is 0 Å². The number of hydrogen-bond donors (Lipinski definition) is 0. The summed E-state index contributed by atoms with van der Waals surface area (Å²) in [6.07, 6.45) is 4.04. The smallest absolute Gasteiger partial charge is 0.0101 e. The maximum atomic E-state index is 3.74. The second kappa shape index (κ2) is 4.62. The van der Waals surface area contributed by atoms with Gasteiger partial charge in [-0.05, 0) is 29.6 Å². The predicted octanol–water partition coefficient (Wildman–Crippen LogP) is 3.47. The molecule has 0 atom stereocenters. The lowest BCUT2D eigenvalue weighted by Gasteiger charge is -2.09. The molecule has 0 radical (unpaired) electrons. The van der Waals surface area contributed by atoms with Crippen molar-refractivity contribution < 1.29 is 0 Å². The fraction of sp³-hybridized carbons (Fsp3) is 0.556. The number of rotatable bonds is 3. The molecule has 0 saturated carbocycles. The molecule has 0 rings (SSSR count). The van der Waals surface area contributed by atoms with Gasteiger partial charge in [0, 0.05) is 0 Å². The van der Waals surface area contributed by atoms with Gasteiger partial charge in [-0.3, -0.25) is 0 Å². The van der Waals surface area contributed by atoms with Crippen molar-refractivity contribution in [3.05, 3.63) is 23.1 Å². The molecule has 0 amide bonds. The van der Waals surface area contributed by atoms with Gasteiger partial charge in [0.05, 0.1) is 0 Å².